The first-order valence-electron chi connectivity index (χ1n) is 14.6. The van der Waals surface area contributed by atoms with E-state index in [1.54, 1.807) is 34.6 Å². The number of amides is 3. The Bertz CT molecular complexity index is 1190. The predicted molar refractivity (Wildman–Crippen MR) is 157 cm³/mol. The number of piperidine rings is 1. The van der Waals surface area contributed by atoms with Crippen molar-refractivity contribution in [1.29, 1.82) is 0 Å². The molecule has 216 valence electrons. The van der Waals surface area contributed by atoms with Gasteiger partial charge in [-0.15, -0.1) is 0 Å². The van der Waals surface area contributed by atoms with Crippen molar-refractivity contribution in [3.05, 3.63) is 71.3 Å². The number of nitrogens with zero attached hydrogens (tertiary/aromatic N) is 1. The van der Waals surface area contributed by atoms with Crippen molar-refractivity contribution in [1.82, 2.24) is 15.5 Å². The van der Waals surface area contributed by atoms with Gasteiger partial charge in [0.05, 0.1) is 0 Å². The van der Waals surface area contributed by atoms with Crippen molar-refractivity contribution in [2.75, 3.05) is 13.1 Å². The van der Waals surface area contributed by atoms with Crippen LogP contribution in [0.15, 0.2) is 54.6 Å². The van der Waals surface area contributed by atoms with E-state index in [9.17, 15) is 14.4 Å². The van der Waals surface area contributed by atoms with Gasteiger partial charge < -0.3 is 20.3 Å². The number of benzene rings is 2. The summed E-state index contributed by atoms with van der Waals surface area (Å²) in [6.07, 6.45) is 5.53. The van der Waals surface area contributed by atoms with Crippen molar-refractivity contribution in [2.24, 2.45) is 0 Å². The highest BCUT2D eigenvalue weighted by Crippen LogP contribution is 2.46. The summed E-state index contributed by atoms with van der Waals surface area (Å²) in [4.78, 5) is 41.6. The van der Waals surface area contributed by atoms with Crippen LogP contribution in [0.3, 0.4) is 0 Å². The molecule has 1 unspecified atom stereocenters. The number of aryl methyl sites for hydroxylation is 2. The van der Waals surface area contributed by atoms with E-state index in [4.69, 9.17) is 4.74 Å². The summed E-state index contributed by atoms with van der Waals surface area (Å²) in [5.41, 5.74) is 2.31. The average Bonchev–Trinajstić information content (AvgIpc) is 3.25. The van der Waals surface area contributed by atoms with Gasteiger partial charge in [0.25, 0.3) is 0 Å². The molecule has 0 aromatic heterocycles. The van der Waals surface area contributed by atoms with Crippen molar-refractivity contribution >= 4 is 17.9 Å². The molecule has 2 aromatic carbocycles. The first-order chi connectivity index (χ1) is 18.9. The Morgan fingerprint density at radius 1 is 0.925 bits per heavy atom. The molecule has 7 heteroatoms. The first-order valence-corrected chi connectivity index (χ1v) is 14.6. The number of hydrogen-bond acceptors (Lipinski definition) is 4. The van der Waals surface area contributed by atoms with E-state index in [-0.39, 0.29) is 11.3 Å². The fraction of sp³-hybridized carbons (Fsp3) is 0.545. The van der Waals surface area contributed by atoms with Crippen LogP contribution in [0.4, 0.5) is 4.79 Å². The molecule has 1 fully saturated rings. The molecular weight excluding hydrogens is 502 g/mol. The number of nitrogens with one attached hydrogen (secondary N) is 2. The van der Waals surface area contributed by atoms with E-state index in [0.717, 1.165) is 38.5 Å². The molecule has 7 nitrogen and oxygen atoms in total. The number of fused-ring (bicyclic) bond motifs is 2. The Kier molecular flexibility index (Phi) is 8.91. The molecule has 4 rings (SSSR count). The SMILES string of the molecule is CC(C)(C)OC(=O)NC(C)(C)C(=O)NC(CCCc1ccccc1)C(=O)N1CCC2(CCc3ccccc32)CC1. The molecule has 2 aliphatic rings. The van der Waals surface area contributed by atoms with E-state index in [0.29, 0.717) is 19.5 Å². The lowest BCUT2D eigenvalue weighted by Gasteiger charge is -2.41. The summed E-state index contributed by atoms with van der Waals surface area (Å²) >= 11 is 0. The average molecular weight is 548 g/mol. The second kappa shape index (κ2) is 12.0. The molecule has 2 aromatic rings. The van der Waals surface area contributed by atoms with Crippen molar-refractivity contribution in [3.63, 3.8) is 0 Å². The standard InChI is InChI=1S/C33H45N3O4/c1-31(2,3)40-30(39)35-32(4,5)29(38)34-27(17-11-14-24-12-7-6-8-13-24)28(37)36-22-20-33(21-23-36)19-18-25-15-9-10-16-26(25)33/h6-10,12-13,15-16,27H,11,14,17-23H2,1-5H3,(H,34,38)(H,35,39). The van der Waals surface area contributed by atoms with Gasteiger partial charge in [0.15, 0.2) is 0 Å². The second-order valence-corrected chi connectivity index (χ2v) is 12.9. The number of likely N-dealkylation sites (tertiary alicyclic amines) is 1. The van der Waals surface area contributed by atoms with E-state index >= 15 is 0 Å². The lowest BCUT2D eigenvalue weighted by atomic mass is 9.74. The molecule has 0 saturated carbocycles. The third-order valence-corrected chi connectivity index (χ3v) is 8.28. The number of carbonyl (C=O) groups excluding carboxylic acids is 3. The lowest BCUT2D eigenvalue weighted by Crippen LogP contribution is -2.60. The minimum Gasteiger partial charge on any atom is -0.444 e. The molecule has 1 atom stereocenters. The zero-order chi connectivity index (χ0) is 29.0. The molecule has 1 heterocycles. The first kappa shape index (κ1) is 29.6. The molecule has 1 aliphatic carbocycles. The fourth-order valence-corrected chi connectivity index (χ4v) is 6.03. The largest absolute Gasteiger partial charge is 0.444 e. The second-order valence-electron chi connectivity index (χ2n) is 12.9. The number of alkyl carbamates (subject to hydrolysis) is 1. The maximum atomic E-state index is 13.9. The lowest BCUT2D eigenvalue weighted by molar-refractivity contribution is -0.139. The Morgan fingerprint density at radius 2 is 1.57 bits per heavy atom. The summed E-state index contributed by atoms with van der Waals surface area (Å²) in [6, 6.07) is 18.2. The van der Waals surface area contributed by atoms with Gasteiger partial charge >= 0.3 is 6.09 Å². The van der Waals surface area contributed by atoms with Crippen LogP contribution in [0.25, 0.3) is 0 Å². The summed E-state index contributed by atoms with van der Waals surface area (Å²) in [7, 11) is 0. The minimum atomic E-state index is -1.25. The zero-order valence-electron chi connectivity index (χ0n) is 24.7. The maximum Gasteiger partial charge on any atom is 0.408 e. The highest BCUT2D eigenvalue weighted by atomic mass is 16.6. The molecule has 2 N–H and O–H groups in total. The number of ether oxygens (including phenoxy) is 1. The summed E-state index contributed by atoms with van der Waals surface area (Å²) < 4.78 is 5.35. The third kappa shape index (κ3) is 7.23. The van der Waals surface area contributed by atoms with Crippen molar-refractivity contribution < 1.29 is 19.1 Å². The van der Waals surface area contributed by atoms with Crippen LogP contribution in [0.5, 0.6) is 0 Å². The Morgan fingerprint density at radius 3 is 2.25 bits per heavy atom. The van der Waals surface area contributed by atoms with Gasteiger partial charge in [-0.2, -0.15) is 0 Å². The molecule has 0 radical (unpaired) electrons. The highest BCUT2D eigenvalue weighted by molar-refractivity contribution is 5.93. The Labute approximate surface area is 239 Å². The fourth-order valence-electron chi connectivity index (χ4n) is 6.03. The molecule has 0 bridgehead atoms. The smallest absolute Gasteiger partial charge is 0.408 e. The molecular formula is C33H45N3O4. The zero-order valence-corrected chi connectivity index (χ0v) is 24.7. The van der Waals surface area contributed by atoms with Gasteiger partial charge in [0.2, 0.25) is 11.8 Å². The Hall–Kier alpha value is -3.35. The van der Waals surface area contributed by atoms with Crippen LogP contribution < -0.4 is 10.6 Å². The van der Waals surface area contributed by atoms with E-state index < -0.39 is 29.2 Å². The summed E-state index contributed by atoms with van der Waals surface area (Å²) in [6.45, 7) is 9.92. The van der Waals surface area contributed by atoms with Crippen LogP contribution >= 0.6 is 0 Å². The highest BCUT2D eigenvalue weighted by Gasteiger charge is 2.43. The molecule has 40 heavy (non-hydrogen) atoms. The van der Waals surface area contributed by atoms with Gasteiger partial charge in [-0.3, -0.25) is 9.59 Å². The third-order valence-electron chi connectivity index (χ3n) is 8.28. The summed E-state index contributed by atoms with van der Waals surface area (Å²) in [5, 5.41) is 5.65. The van der Waals surface area contributed by atoms with E-state index in [1.807, 2.05) is 23.1 Å². The quantitative estimate of drug-likeness (QED) is 0.469. The minimum absolute atomic E-state index is 0.0457. The van der Waals surface area contributed by atoms with Gasteiger partial charge in [0.1, 0.15) is 17.2 Å². The van der Waals surface area contributed by atoms with Crippen LogP contribution in [0, 0.1) is 0 Å². The van der Waals surface area contributed by atoms with Crippen LogP contribution in [-0.4, -0.2) is 53.1 Å². The van der Waals surface area contributed by atoms with Crippen LogP contribution in [-0.2, 0) is 32.6 Å². The number of carbonyl (C=O) groups is 3. The normalized spacial score (nSPS) is 17.2. The number of hydrogen-bond donors (Lipinski definition) is 2. The maximum absolute atomic E-state index is 13.9. The van der Waals surface area contributed by atoms with Crippen LogP contribution in [0.2, 0.25) is 0 Å². The predicted octanol–water partition coefficient (Wildman–Crippen LogP) is 5.30. The van der Waals surface area contributed by atoms with Gasteiger partial charge in [-0.05, 0) is 102 Å². The van der Waals surface area contributed by atoms with Gasteiger partial charge in [-0.25, -0.2) is 4.79 Å². The van der Waals surface area contributed by atoms with Gasteiger partial charge in [-0.1, -0.05) is 54.6 Å². The monoisotopic (exact) mass is 547 g/mol. The van der Waals surface area contributed by atoms with E-state index in [1.165, 1.54) is 16.7 Å². The molecule has 1 saturated heterocycles. The molecule has 3 amide bonds. The molecule has 1 aliphatic heterocycles. The van der Waals surface area contributed by atoms with Crippen LogP contribution in [0.1, 0.15) is 83.4 Å². The van der Waals surface area contributed by atoms with Crippen molar-refractivity contribution in [3.8, 4) is 0 Å². The Balaban J connectivity index is 1.42. The van der Waals surface area contributed by atoms with Crippen molar-refractivity contribution in [2.45, 2.75) is 102 Å². The summed E-state index contributed by atoms with van der Waals surface area (Å²) in [5.74, 6) is -0.453. The molecule has 1 spiro atoms. The van der Waals surface area contributed by atoms with E-state index in [2.05, 4.69) is 47.0 Å². The van der Waals surface area contributed by atoms with Gasteiger partial charge in [0, 0.05) is 13.1 Å². The topological polar surface area (TPSA) is 87.7 Å². The number of rotatable bonds is 8.